The van der Waals surface area contributed by atoms with Crippen molar-refractivity contribution in [2.45, 2.75) is 31.2 Å². The molecule has 1 atom stereocenters. The van der Waals surface area contributed by atoms with Crippen molar-refractivity contribution in [3.63, 3.8) is 0 Å². The van der Waals surface area contributed by atoms with Crippen LogP contribution in [-0.4, -0.2) is 42.3 Å². The van der Waals surface area contributed by atoms with Crippen LogP contribution in [0, 0.1) is 0 Å². The maximum atomic E-state index is 12.7. The van der Waals surface area contributed by atoms with Crippen molar-refractivity contribution < 1.29 is 24.2 Å². The number of carbonyl (C=O) groups is 3. The fraction of sp³-hybridized carbons (Fsp3) is 0.250. The first-order valence-corrected chi connectivity index (χ1v) is 11.7. The summed E-state index contributed by atoms with van der Waals surface area (Å²) < 4.78 is 5.59. The van der Waals surface area contributed by atoms with Gasteiger partial charge in [0.25, 0.3) is 0 Å². The molecule has 3 aromatic rings. The highest BCUT2D eigenvalue weighted by Gasteiger charge is 2.29. The predicted molar refractivity (Wildman–Crippen MR) is 132 cm³/mol. The number of amides is 2. The minimum atomic E-state index is -1.00. The lowest BCUT2D eigenvalue weighted by Gasteiger charge is -2.20. The summed E-state index contributed by atoms with van der Waals surface area (Å²) >= 11 is 0. The molecule has 7 heteroatoms. The van der Waals surface area contributed by atoms with E-state index in [-0.39, 0.29) is 25.5 Å². The molecule has 0 fully saturated rings. The minimum Gasteiger partial charge on any atom is -0.481 e. The Labute approximate surface area is 204 Å². The number of alkyl carbamates (subject to hydrolysis) is 1. The number of rotatable bonds is 10. The Hall–Kier alpha value is -4.13. The quantitative estimate of drug-likeness (QED) is 0.412. The van der Waals surface area contributed by atoms with Crippen molar-refractivity contribution in [2.24, 2.45) is 0 Å². The van der Waals surface area contributed by atoms with E-state index in [0.29, 0.717) is 12.8 Å². The molecule has 0 bridgehead atoms. The number of benzene rings is 3. The molecule has 3 aromatic carbocycles. The van der Waals surface area contributed by atoms with Crippen molar-refractivity contribution in [2.75, 3.05) is 13.2 Å². The molecule has 1 aliphatic carbocycles. The SMILES string of the molecule is O=C(O)CCNC(=O)C(CCc1ccccc1)NC(=O)OCC1c2ccccc2-c2ccccc21. The second kappa shape index (κ2) is 11.3. The van der Waals surface area contributed by atoms with E-state index in [0.717, 1.165) is 27.8 Å². The van der Waals surface area contributed by atoms with Gasteiger partial charge >= 0.3 is 12.1 Å². The molecule has 0 aromatic heterocycles. The zero-order valence-electron chi connectivity index (χ0n) is 19.3. The van der Waals surface area contributed by atoms with Gasteiger partial charge in [-0.1, -0.05) is 78.9 Å². The standard InChI is InChI=1S/C28H28N2O5/c31-26(32)16-17-29-27(33)25(15-14-19-8-2-1-3-9-19)30-28(34)35-18-24-22-12-6-4-10-20(22)21-11-5-7-13-23(21)24/h1-13,24-25H,14-18H2,(H,29,33)(H,30,34)(H,31,32). The fourth-order valence-electron chi connectivity index (χ4n) is 4.42. The summed E-state index contributed by atoms with van der Waals surface area (Å²) in [7, 11) is 0. The van der Waals surface area contributed by atoms with Crippen LogP contribution < -0.4 is 10.6 Å². The number of aryl methyl sites for hydroxylation is 1. The molecule has 0 spiro atoms. The normalized spacial score (nSPS) is 12.8. The van der Waals surface area contributed by atoms with Crippen molar-refractivity contribution in [1.82, 2.24) is 10.6 Å². The topological polar surface area (TPSA) is 105 Å². The summed E-state index contributed by atoms with van der Waals surface area (Å²) in [5, 5.41) is 14.1. The van der Waals surface area contributed by atoms with Crippen molar-refractivity contribution >= 4 is 18.0 Å². The van der Waals surface area contributed by atoms with Crippen LogP contribution in [0.25, 0.3) is 11.1 Å². The van der Waals surface area contributed by atoms with E-state index in [1.165, 1.54) is 0 Å². The molecule has 0 heterocycles. The van der Waals surface area contributed by atoms with Crippen LogP contribution in [-0.2, 0) is 20.7 Å². The average molecular weight is 473 g/mol. The minimum absolute atomic E-state index is 0.0115. The van der Waals surface area contributed by atoms with E-state index in [1.807, 2.05) is 66.7 Å². The highest BCUT2D eigenvalue weighted by molar-refractivity contribution is 5.86. The molecule has 7 nitrogen and oxygen atoms in total. The van der Waals surface area contributed by atoms with Gasteiger partial charge in [-0.25, -0.2) is 4.79 Å². The monoisotopic (exact) mass is 472 g/mol. The number of hydrogen-bond donors (Lipinski definition) is 3. The third kappa shape index (κ3) is 6.06. The van der Waals surface area contributed by atoms with E-state index in [2.05, 4.69) is 22.8 Å². The van der Waals surface area contributed by atoms with Crippen LogP contribution in [0.3, 0.4) is 0 Å². The Morgan fingerprint density at radius 1 is 0.857 bits per heavy atom. The van der Waals surface area contributed by atoms with Gasteiger partial charge in [-0.05, 0) is 40.7 Å². The van der Waals surface area contributed by atoms with E-state index in [9.17, 15) is 14.4 Å². The number of carboxylic acids is 1. The molecule has 0 aliphatic heterocycles. The van der Waals surface area contributed by atoms with Gasteiger partial charge in [-0.2, -0.15) is 0 Å². The lowest BCUT2D eigenvalue weighted by atomic mass is 9.98. The number of ether oxygens (including phenoxy) is 1. The summed E-state index contributed by atoms with van der Waals surface area (Å²) in [6.07, 6.45) is 0.0507. The van der Waals surface area contributed by atoms with Gasteiger partial charge in [0.2, 0.25) is 5.91 Å². The first-order valence-electron chi connectivity index (χ1n) is 11.7. The molecule has 0 saturated heterocycles. The second-order valence-electron chi connectivity index (χ2n) is 8.48. The number of carboxylic acid groups (broad SMARTS) is 1. The number of aliphatic carboxylic acids is 1. The van der Waals surface area contributed by atoms with Gasteiger partial charge in [0.05, 0.1) is 6.42 Å². The van der Waals surface area contributed by atoms with Crippen LogP contribution in [0.1, 0.15) is 35.4 Å². The lowest BCUT2D eigenvalue weighted by molar-refractivity contribution is -0.137. The van der Waals surface area contributed by atoms with Gasteiger partial charge in [0, 0.05) is 12.5 Å². The molecule has 0 radical (unpaired) electrons. The van der Waals surface area contributed by atoms with Gasteiger partial charge in [-0.3, -0.25) is 9.59 Å². The first-order chi connectivity index (χ1) is 17.0. The third-order valence-corrected chi connectivity index (χ3v) is 6.15. The van der Waals surface area contributed by atoms with E-state index < -0.39 is 24.0 Å². The molecule has 2 amide bonds. The zero-order valence-corrected chi connectivity index (χ0v) is 19.3. The molecule has 1 unspecified atom stereocenters. The van der Waals surface area contributed by atoms with Crippen molar-refractivity contribution in [3.8, 4) is 11.1 Å². The lowest BCUT2D eigenvalue weighted by Crippen LogP contribution is -2.47. The second-order valence-corrected chi connectivity index (χ2v) is 8.48. The van der Waals surface area contributed by atoms with Crippen LogP contribution in [0.4, 0.5) is 4.79 Å². The molecule has 35 heavy (non-hydrogen) atoms. The van der Waals surface area contributed by atoms with Crippen molar-refractivity contribution in [1.29, 1.82) is 0 Å². The van der Waals surface area contributed by atoms with E-state index in [1.54, 1.807) is 0 Å². The Balaban J connectivity index is 1.39. The van der Waals surface area contributed by atoms with Crippen LogP contribution in [0.5, 0.6) is 0 Å². The summed E-state index contributed by atoms with van der Waals surface area (Å²) in [6, 6.07) is 24.9. The van der Waals surface area contributed by atoms with Gasteiger partial charge in [0.15, 0.2) is 0 Å². The van der Waals surface area contributed by atoms with Crippen LogP contribution in [0.2, 0.25) is 0 Å². The van der Waals surface area contributed by atoms with Crippen molar-refractivity contribution in [3.05, 3.63) is 95.6 Å². The van der Waals surface area contributed by atoms with E-state index >= 15 is 0 Å². The molecular formula is C28H28N2O5. The summed E-state index contributed by atoms with van der Waals surface area (Å²) in [5.74, 6) is -1.52. The number of hydrogen-bond acceptors (Lipinski definition) is 4. The van der Waals surface area contributed by atoms with E-state index in [4.69, 9.17) is 9.84 Å². The molecule has 4 rings (SSSR count). The Morgan fingerprint density at radius 2 is 1.46 bits per heavy atom. The Morgan fingerprint density at radius 3 is 2.09 bits per heavy atom. The van der Waals surface area contributed by atoms with Crippen LogP contribution in [0.15, 0.2) is 78.9 Å². The molecule has 3 N–H and O–H groups in total. The predicted octanol–water partition coefficient (Wildman–Crippen LogP) is 4.12. The van der Waals surface area contributed by atoms with Gasteiger partial charge in [0.1, 0.15) is 12.6 Å². The first kappa shape index (κ1) is 24.0. The fourth-order valence-corrected chi connectivity index (χ4v) is 4.42. The summed E-state index contributed by atoms with van der Waals surface area (Å²) in [6.45, 7) is 0.133. The Bertz CT molecular complexity index is 1150. The maximum Gasteiger partial charge on any atom is 0.407 e. The Kier molecular flexibility index (Phi) is 7.77. The number of fused-ring (bicyclic) bond motifs is 3. The summed E-state index contributed by atoms with van der Waals surface area (Å²) in [4.78, 5) is 36.2. The van der Waals surface area contributed by atoms with Gasteiger partial charge in [-0.15, -0.1) is 0 Å². The molecule has 180 valence electrons. The highest BCUT2D eigenvalue weighted by atomic mass is 16.5. The molecule has 0 saturated carbocycles. The molecule has 1 aliphatic rings. The highest BCUT2D eigenvalue weighted by Crippen LogP contribution is 2.44. The summed E-state index contributed by atoms with van der Waals surface area (Å²) in [5.41, 5.74) is 5.51. The third-order valence-electron chi connectivity index (χ3n) is 6.15. The number of carbonyl (C=O) groups excluding carboxylic acids is 2. The molecular weight excluding hydrogens is 444 g/mol. The van der Waals surface area contributed by atoms with Crippen LogP contribution >= 0.6 is 0 Å². The zero-order chi connectivity index (χ0) is 24.6. The maximum absolute atomic E-state index is 12.7. The smallest absolute Gasteiger partial charge is 0.407 e. The number of nitrogens with one attached hydrogen (secondary N) is 2. The largest absolute Gasteiger partial charge is 0.481 e. The van der Waals surface area contributed by atoms with Gasteiger partial charge < -0.3 is 20.5 Å². The average Bonchev–Trinajstić information content (AvgIpc) is 3.19.